The zero-order valence-electron chi connectivity index (χ0n) is 11.5. The van der Waals surface area contributed by atoms with E-state index in [4.69, 9.17) is 18.9 Å². The van der Waals surface area contributed by atoms with Crippen LogP contribution in [0.3, 0.4) is 0 Å². The van der Waals surface area contributed by atoms with Gasteiger partial charge in [-0.1, -0.05) is 0 Å². The van der Waals surface area contributed by atoms with Crippen LogP contribution in [-0.2, 0) is 9.47 Å². The van der Waals surface area contributed by atoms with E-state index in [1.807, 2.05) is 13.8 Å². The molecule has 0 aliphatic rings. The number of methoxy groups -OCH3 is 1. The summed E-state index contributed by atoms with van der Waals surface area (Å²) in [5.74, 6) is 1.09. The highest BCUT2D eigenvalue weighted by Gasteiger charge is 2.11. The van der Waals surface area contributed by atoms with Gasteiger partial charge in [-0.15, -0.1) is 0 Å². The molecule has 0 unspecified atom stereocenters. The molecular formula is C14H20O5. The molecule has 0 N–H and O–H groups in total. The first-order chi connectivity index (χ1) is 9.24. The third-order valence-corrected chi connectivity index (χ3v) is 2.43. The van der Waals surface area contributed by atoms with Gasteiger partial charge >= 0.3 is 0 Å². The summed E-state index contributed by atoms with van der Waals surface area (Å²) in [4.78, 5) is 10.9. The molecule has 0 aliphatic heterocycles. The first-order valence-corrected chi connectivity index (χ1v) is 6.24. The Labute approximate surface area is 113 Å². The molecular weight excluding hydrogens is 248 g/mol. The molecule has 0 atom stereocenters. The molecule has 5 heteroatoms. The molecule has 0 saturated heterocycles. The first kappa shape index (κ1) is 15.5. The van der Waals surface area contributed by atoms with Crippen molar-refractivity contribution in [2.45, 2.75) is 20.1 Å². The third kappa shape index (κ3) is 4.89. The standard InChI is InChI=1S/C14H20O5/c1-4-17-14(18-5-2)10-19-13-8-12(16-3)7-6-11(13)9-15/h6-9,14H,4-5,10H2,1-3H3. The highest BCUT2D eigenvalue weighted by molar-refractivity contribution is 5.79. The Hall–Kier alpha value is -1.59. The van der Waals surface area contributed by atoms with Gasteiger partial charge in [-0.2, -0.15) is 0 Å². The second kappa shape index (κ2) is 8.50. The number of hydrogen-bond donors (Lipinski definition) is 0. The van der Waals surface area contributed by atoms with Crippen molar-refractivity contribution in [1.82, 2.24) is 0 Å². The van der Waals surface area contributed by atoms with Crippen LogP contribution < -0.4 is 9.47 Å². The molecule has 0 spiro atoms. The molecule has 0 bridgehead atoms. The zero-order chi connectivity index (χ0) is 14.1. The SMILES string of the molecule is CCOC(COc1cc(OC)ccc1C=O)OCC. The molecule has 0 radical (unpaired) electrons. The van der Waals surface area contributed by atoms with Crippen LogP contribution >= 0.6 is 0 Å². The first-order valence-electron chi connectivity index (χ1n) is 6.24. The Bertz CT molecular complexity index is 385. The normalized spacial score (nSPS) is 10.5. The Morgan fingerprint density at radius 1 is 1.21 bits per heavy atom. The van der Waals surface area contributed by atoms with E-state index in [-0.39, 0.29) is 6.61 Å². The molecule has 1 aromatic carbocycles. The molecule has 0 amide bonds. The van der Waals surface area contributed by atoms with Gasteiger partial charge in [0.05, 0.1) is 12.7 Å². The summed E-state index contributed by atoms with van der Waals surface area (Å²) in [5, 5.41) is 0. The predicted molar refractivity (Wildman–Crippen MR) is 70.9 cm³/mol. The van der Waals surface area contributed by atoms with Gasteiger partial charge in [0, 0.05) is 19.3 Å². The Kier molecular flexibility index (Phi) is 6.92. The molecule has 0 saturated carbocycles. The Morgan fingerprint density at radius 2 is 1.89 bits per heavy atom. The van der Waals surface area contributed by atoms with Gasteiger partial charge in [0.1, 0.15) is 18.1 Å². The number of aldehydes is 1. The zero-order valence-corrected chi connectivity index (χ0v) is 11.5. The summed E-state index contributed by atoms with van der Waals surface area (Å²) in [6.45, 7) is 5.05. The molecule has 5 nitrogen and oxygen atoms in total. The van der Waals surface area contributed by atoms with Crippen LogP contribution in [0.4, 0.5) is 0 Å². The monoisotopic (exact) mass is 268 g/mol. The highest BCUT2D eigenvalue weighted by Crippen LogP contribution is 2.23. The van der Waals surface area contributed by atoms with Crippen molar-refractivity contribution in [2.24, 2.45) is 0 Å². The number of carbonyl (C=O) groups is 1. The van der Waals surface area contributed by atoms with Crippen LogP contribution in [0.25, 0.3) is 0 Å². The van der Waals surface area contributed by atoms with E-state index in [1.54, 1.807) is 25.3 Å². The number of rotatable bonds is 9. The van der Waals surface area contributed by atoms with E-state index in [0.29, 0.717) is 30.3 Å². The second-order valence-corrected chi connectivity index (χ2v) is 3.67. The van der Waals surface area contributed by atoms with E-state index < -0.39 is 6.29 Å². The largest absolute Gasteiger partial charge is 0.497 e. The summed E-state index contributed by atoms with van der Waals surface area (Å²) < 4.78 is 21.4. The fourth-order valence-electron chi connectivity index (χ4n) is 1.54. The Balaban J connectivity index is 2.70. The van der Waals surface area contributed by atoms with Crippen molar-refractivity contribution in [3.8, 4) is 11.5 Å². The van der Waals surface area contributed by atoms with Crippen molar-refractivity contribution >= 4 is 6.29 Å². The molecule has 106 valence electrons. The lowest BCUT2D eigenvalue weighted by Gasteiger charge is -2.18. The molecule has 0 aromatic heterocycles. The third-order valence-electron chi connectivity index (χ3n) is 2.43. The summed E-state index contributed by atoms with van der Waals surface area (Å²) in [6.07, 6.45) is 0.297. The fourth-order valence-corrected chi connectivity index (χ4v) is 1.54. The van der Waals surface area contributed by atoms with E-state index in [2.05, 4.69) is 0 Å². The summed E-state index contributed by atoms with van der Waals surface area (Å²) in [7, 11) is 1.56. The minimum absolute atomic E-state index is 0.218. The molecule has 0 aliphatic carbocycles. The van der Waals surface area contributed by atoms with Crippen molar-refractivity contribution in [3.05, 3.63) is 23.8 Å². The molecule has 0 fully saturated rings. The van der Waals surface area contributed by atoms with Gasteiger partial charge in [-0.05, 0) is 26.0 Å². The van der Waals surface area contributed by atoms with Crippen LogP contribution in [0.5, 0.6) is 11.5 Å². The maximum absolute atomic E-state index is 10.9. The lowest BCUT2D eigenvalue weighted by Crippen LogP contribution is -2.25. The lowest BCUT2D eigenvalue weighted by molar-refractivity contribution is -0.152. The number of hydrogen-bond acceptors (Lipinski definition) is 5. The van der Waals surface area contributed by atoms with Gasteiger partial charge in [-0.25, -0.2) is 0 Å². The minimum Gasteiger partial charge on any atom is -0.497 e. The van der Waals surface area contributed by atoms with Crippen molar-refractivity contribution in [1.29, 1.82) is 0 Å². The van der Waals surface area contributed by atoms with E-state index in [1.165, 1.54) is 0 Å². The molecule has 0 heterocycles. The number of ether oxygens (including phenoxy) is 4. The molecule has 1 rings (SSSR count). The summed E-state index contributed by atoms with van der Waals surface area (Å²) in [5.41, 5.74) is 0.465. The van der Waals surface area contributed by atoms with E-state index in [9.17, 15) is 4.79 Å². The van der Waals surface area contributed by atoms with Crippen LogP contribution in [0.1, 0.15) is 24.2 Å². The van der Waals surface area contributed by atoms with Crippen LogP contribution in [0, 0.1) is 0 Å². The minimum atomic E-state index is -0.444. The summed E-state index contributed by atoms with van der Waals surface area (Å²) >= 11 is 0. The quantitative estimate of drug-likeness (QED) is 0.508. The van der Waals surface area contributed by atoms with E-state index in [0.717, 1.165) is 6.29 Å². The van der Waals surface area contributed by atoms with Crippen molar-refractivity contribution in [3.63, 3.8) is 0 Å². The molecule has 19 heavy (non-hydrogen) atoms. The average molecular weight is 268 g/mol. The Morgan fingerprint density at radius 3 is 2.42 bits per heavy atom. The topological polar surface area (TPSA) is 54.0 Å². The molecule has 1 aromatic rings. The van der Waals surface area contributed by atoms with Crippen LogP contribution in [0.15, 0.2) is 18.2 Å². The van der Waals surface area contributed by atoms with Crippen molar-refractivity contribution < 1.29 is 23.7 Å². The fraction of sp³-hybridized carbons (Fsp3) is 0.500. The predicted octanol–water partition coefficient (Wildman–Crippen LogP) is 2.29. The average Bonchev–Trinajstić information content (AvgIpc) is 2.44. The second-order valence-electron chi connectivity index (χ2n) is 3.67. The maximum atomic E-state index is 10.9. The number of carbonyl (C=O) groups excluding carboxylic acids is 1. The van der Waals surface area contributed by atoms with Gasteiger partial charge in [0.2, 0.25) is 0 Å². The summed E-state index contributed by atoms with van der Waals surface area (Å²) in [6, 6.07) is 5.02. The van der Waals surface area contributed by atoms with E-state index >= 15 is 0 Å². The van der Waals surface area contributed by atoms with Gasteiger partial charge in [-0.3, -0.25) is 4.79 Å². The highest BCUT2D eigenvalue weighted by atomic mass is 16.7. The maximum Gasteiger partial charge on any atom is 0.191 e. The lowest BCUT2D eigenvalue weighted by atomic mass is 10.2. The van der Waals surface area contributed by atoms with Crippen molar-refractivity contribution in [2.75, 3.05) is 26.9 Å². The van der Waals surface area contributed by atoms with Gasteiger partial charge in [0.25, 0.3) is 0 Å². The van der Waals surface area contributed by atoms with Gasteiger partial charge in [0.15, 0.2) is 12.6 Å². The number of benzene rings is 1. The van der Waals surface area contributed by atoms with Crippen LogP contribution in [-0.4, -0.2) is 39.5 Å². The smallest absolute Gasteiger partial charge is 0.191 e. The van der Waals surface area contributed by atoms with Crippen LogP contribution in [0.2, 0.25) is 0 Å². The van der Waals surface area contributed by atoms with Gasteiger partial charge < -0.3 is 18.9 Å².